The molecule has 1 rings (SSSR count). The molecule has 0 atom stereocenters. The number of nitrogens with zero attached hydrogens (tertiary/aromatic N) is 1. The molecule has 1 aromatic rings. The van der Waals surface area contributed by atoms with Crippen molar-refractivity contribution in [3.63, 3.8) is 0 Å². The van der Waals surface area contributed by atoms with Crippen LogP contribution in [-0.4, -0.2) is 30.1 Å². The molecule has 114 valence electrons. The molecule has 0 saturated heterocycles. The Labute approximate surface area is 127 Å². The molecule has 0 aliphatic heterocycles. The highest BCUT2D eigenvalue weighted by atomic mass is 79.9. The summed E-state index contributed by atoms with van der Waals surface area (Å²) >= 11 is 3.19. The fourth-order valence-corrected chi connectivity index (χ4v) is 1.53. The first kappa shape index (κ1) is 17.2. The molecule has 1 amide bonds. The lowest BCUT2D eigenvalue weighted by molar-refractivity contribution is -0.114. The van der Waals surface area contributed by atoms with Crippen LogP contribution in [0.15, 0.2) is 33.8 Å². The van der Waals surface area contributed by atoms with Crippen LogP contribution in [0, 0.1) is 5.41 Å². The molecule has 0 saturated carbocycles. The minimum Gasteiger partial charge on any atom is -0.351 e. The minimum absolute atomic E-state index is 0.118. The topological polar surface area (TPSA) is 77.3 Å². The van der Waals surface area contributed by atoms with Crippen LogP contribution >= 0.6 is 15.9 Å². The zero-order valence-electron chi connectivity index (χ0n) is 10.9. The standard InChI is InChI=1S/C12H12BrF3N4O/c1-2-18-11(21)9(17)10(12(14,15)16)20-19-8-5-3-7(13)4-6-8/h3-6,17,19H,2H2,1H3,(H,18,21)/b17-9?,20-10+. The number of halogens is 4. The summed E-state index contributed by atoms with van der Waals surface area (Å²) in [6.07, 6.45) is -4.91. The van der Waals surface area contributed by atoms with E-state index in [2.05, 4.69) is 31.8 Å². The van der Waals surface area contributed by atoms with Gasteiger partial charge in [-0.05, 0) is 31.2 Å². The summed E-state index contributed by atoms with van der Waals surface area (Å²) in [5, 5.41) is 12.6. The summed E-state index contributed by atoms with van der Waals surface area (Å²) in [4.78, 5) is 11.3. The number of hydrazone groups is 1. The van der Waals surface area contributed by atoms with Gasteiger partial charge in [0.05, 0.1) is 5.69 Å². The van der Waals surface area contributed by atoms with Crippen LogP contribution in [0.2, 0.25) is 0 Å². The Morgan fingerprint density at radius 2 is 1.90 bits per heavy atom. The molecule has 0 fully saturated rings. The van der Waals surface area contributed by atoms with Gasteiger partial charge in [0.25, 0.3) is 5.91 Å². The largest absolute Gasteiger partial charge is 0.437 e. The molecule has 0 heterocycles. The molecule has 0 bridgehead atoms. The molecule has 1 aromatic carbocycles. The van der Waals surface area contributed by atoms with Crippen LogP contribution in [0.25, 0.3) is 0 Å². The van der Waals surface area contributed by atoms with E-state index in [4.69, 9.17) is 5.41 Å². The van der Waals surface area contributed by atoms with Crippen LogP contribution in [0.4, 0.5) is 18.9 Å². The highest BCUT2D eigenvalue weighted by Crippen LogP contribution is 2.19. The minimum atomic E-state index is -4.91. The van der Waals surface area contributed by atoms with Gasteiger partial charge in [-0.15, -0.1) is 0 Å². The number of nitrogens with one attached hydrogen (secondary N) is 3. The van der Waals surface area contributed by atoms with E-state index >= 15 is 0 Å². The average molecular weight is 365 g/mol. The van der Waals surface area contributed by atoms with Gasteiger partial charge in [-0.3, -0.25) is 15.6 Å². The van der Waals surface area contributed by atoms with Gasteiger partial charge in [-0.1, -0.05) is 15.9 Å². The second kappa shape index (κ2) is 7.21. The molecule has 3 N–H and O–H groups in total. The maximum absolute atomic E-state index is 12.8. The lowest BCUT2D eigenvalue weighted by atomic mass is 10.2. The van der Waals surface area contributed by atoms with Crippen molar-refractivity contribution < 1.29 is 18.0 Å². The van der Waals surface area contributed by atoms with E-state index in [1.165, 1.54) is 19.1 Å². The Morgan fingerprint density at radius 3 is 2.38 bits per heavy atom. The van der Waals surface area contributed by atoms with E-state index < -0.39 is 23.5 Å². The van der Waals surface area contributed by atoms with Crippen LogP contribution < -0.4 is 10.7 Å². The van der Waals surface area contributed by atoms with Gasteiger partial charge in [0.1, 0.15) is 0 Å². The SMILES string of the molecule is CCNC(=O)C(=N)/C(=N\Nc1ccc(Br)cc1)C(F)(F)F. The molecular formula is C12H12BrF3N4O. The third-order valence-electron chi connectivity index (χ3n) is 2.21. The molecule has 0 spiro atoms. The smallest absolute Gasteiger partial charge is 0.351 e. The number of alkyl halides is 3. The van der Waals surface area contributed by atoms with E-state index in [-0.39, 0.29) is 6.54 Å². The fraction of sp³-hybridized carbons (Fsp3) is 0.250. The van der Waals surface area contributed by atoms with Crippen molar-refractivity contribution in [3.8, 4) is 0 Å². The molecular weight excluding hydrogens is 353 g/mol. The quantitative estimate of drug-likeness (QED) is 0.554. The van der Waals surface area contributed by atoms with E-state index in [1.807, 2.05) is 0 Å². The first-order valence-corrected chi connectivity index (χ1v) is 6.58. The molecule has 0 aliphatic rings. The first-order chi connectivity index (χ1) is 9.75. The lowest BCUT2D eigenvalue weighted by Crippen LogP contribution is -2.42. The second-order valence-corrected chi connectivity index (χ2v) is 4.73. The van der Waals surface area contributed by atoms with Gasteiger partial charge in [0.2, 0.25) is 0 Å². The third kappa shape index (κ3) is 5.18. The number of rotatable bonds is 5. The van der Waals surface area contributed by atoms with Gasteiger partial charge < -0.3 is 5.32 Å². The summed E-state index contributed by atoms with van der Waals surface area (Å²) in [6, 6.07) is 6.22. The molecule has 9 heteroatoms. The predicted octanol–water partition coefficient (Wildman–Crippen LogP) is 2.94. The Kier molecular flexibility index (Phi) is 5.89. The third-order valence-corrected chi connectivity index (χ3v) is 2.74. The fourth-order valence-electron chi connectivity index (χ4n) is 1.26. The molecule has 21 heavy (non-hydrogen) atoms. The zero-order chi connectivity index (χ0) is 16.0. The summed E-state index contributed by atoms with van der Waals surface area (Å²) in [7, 11) is 0. The van der Waals surface area contributed by atoms with Crippen molar-refractivity contribution in [2.45, 2.75) is 13.1 Å². The van der Waals surface area contributed by atoms with E-state index in [9.17, 15) is 18.0 Å². The number of benzene rings is 1. The monoisotopic (exact) mass is 364 g/mol. The summed E-state index contributed by atoms with van der Waals surface area (Å²) < 4.78 is 39.3. The molecule has 0 aromatic heterocycles. The van der Waals surface area contributed by atoms with Crippen LogP contribution in [-0.2, 0) is 4.79 Å². The van der Waals surface area contributed by atoms with Crippen molar-refractivity contribution in [3.05, 3.63) is 28.7 Å². The number of carbonyl (C=O) groups is 1. The highest BCUT2D eigenvalue weighted by molar-refractivity contribution is 9.10. The van der Waals surface area contributed by atoms with Crippen molar-refractivity contribution in [1.82, 2.24) is 5.32 Å². The number of hydrogen-bond acceptors (Lipinski definition) is 4. The second-order valence-electron chi connectivity index (χ2n) is 3.81. The number of carbonyl (C=O) groups excluding carboxylic acids is 1. The van der Waals surface area contributed by atoms with Gasteiger partial charge in [-0.2, -0.15) is 18.3 Å². The van der Waals surface area contributed by atoms with E-state index in [0.29, 0.717) is 5.69 Å². The number of hydrogen-bond donors (Lipinski definition) is 3. The van der Waals surface area contributed by atoms with E-state index in [1.54, 1.807) is 12.1 Å². The number of anilines is 1. The van der Waals surface area contributed by atoms with Crippen LogP contribution in [0.1, 0.15) is 6.92 Å². The Bertz CT molecular complexity index is 555. The van der Waals surface area contributed by atoms with Crippen molar-refractivity contribution in [2.24, 2.45) is 5.10 Å². The Hall–Kier alpha value is -1.90. The van der Waals surface area contributed by atoms with Crippen molar-refractivity contribution >= 4 is 38.9 Å². The maximum Gasteiger partial charge on any atom is 0.437 e. The van der Waals surface area contributed by atoms with Crippen LogP contribution in [0.5, 0.6) is 0 Å². The highest BCUT2D eigenvalue weighted by Gasteiger charge is 2.41. The number of amides is 1. The zero-order valence-corrected chi connectivity index (χ0v) is 12.5. The Balaban J connectivity index is 2.97. The molecule has 0 unspecified atom stereocenters. The van der Waals surface area contributed by atoms with Gasteiger partial charge >= 0.3 is 6.18 Å². The first-order valence-electron chi connectivity index (χ1n) is 5.79. The normalized spacial score (nSPS) is 12.0. The predicted molar refractivity (Wildman–Crippen MR) is 77.7 cm³/mol. The summed E-state index contributed by atoms with van der Waals surface area (Å²) in [5.74, 6) is -1.13. The van der Waals surface area contributed by atoms with Crippen molar-refractivity contribution in [1.29, 1.82) is 5.41 Å². The Morgan fingerprint density at radius 1 is 1.33 bits per heavy atom. The summed E-state index contributed by atoms with van der Waals surface area (Å²) in [6.45, 7) is 1.65. The molecule has 0 aliphatic carbocycles. The molecule has 5 nitrogen and oxygen atoms in total. The lowest BCUT2D eigenvalue weighted by Gasteiger charge is -2.11. The van der Waals surface area contributed by atoms with E-state index in [0.717, 1.165) is 4.47 Å². The van der Waals surface area contributed by atoms with Crippen molar-refractivity contribution in [2.75, 3.05) is 12.0 Å². The van der Waals surface area contributed by atoms with Crippen LogP contribution in [0.3, 0.4) is 0 Å². The molecule has 0 radical (unpaired) electrons. The van der Waals surface area contributed by atoms with Gasteiger partial charge in [0.15, 0.2) is 11.4 Å². The summed E-state index contributed by atoms with van der Waals surface area (Å²) in [5.41, 5.74) is -0.351. The average Bonchev–Trinajstić information content (AvgIpc) is 2.39. The maximum atomic E-state index is 12.8. The van der Waals surface area contributed by atoms with Gasteiger partial charge in [0, 0.05) is 11.0 Å². The van der Waals surface area contributed by atoms with Gasteiger partial charge in [-0.25, -0.2) is 0 Å².